The highest BCUT2D eigenvalue weighted by Gasteiger charge is 1.98. The summed E-state index contributed by atoms with van der Waals surface area (Å²) in [6.45, 7) is 2.21. The van der Waals surface area contributed by atoms with Crippen LogP contribution >= 0.6 is 0 Å². The highest BCUT2D eigenvalue weighted by Crippen LogP contribution is 1.94. The Morgan fingerprint density at radius 1 is 0.786 bits per heavy atom. The SMILES string of the molecule is NCCNc1nnc(NCCN)nn1. The van der Waals surface area contributed by atoms with E-state index >= 15 is 0 Å². The number of nitrogens with zero attached hydrogens (tertiary/aromatic N) is 4. The van der Waals surface area contributed by atoms with Crippen molar-refractivity contribution in [2.45, 2.75) is 0 Å². The van der Waals surface area contributed by atoms with Gasteiger partial charge in [-0.05, 0) is 0 Å². The Hall–Kier alpha value is -1.54. The lowest BCUT2D eigenvalue weighted by Crippen LogP contribution is -2.18. The molecule has 0 saturated carbocycles. The second-order valence-corrected chi connectivity index (χ2v) is 2.48. The van der Waals surface area contributed by atoms with Crippen LogP contribution in [0.15, 0.2) is 0 Å². The Labute approximate surface area is 81.5 Å². The monoisotopic (exact) mass is 198 g/mol. The smallest absolute Gasteiger partial charge is 0.262 e. The zero-order chi connectivity index (χ0) is 10.2. The summed E-state index contributed by atoms with van der Waals surface area (Å²) in [4.78, 5) is 0. The van der Waals surface area contributed by atoms with Crippen LogP contribution in [-0.4, -0.2) is 46.6 Å². The van der Waals surface area contributed by atoms with Crippen molar-refractivity contribution in [3.05, 3.63) is 0 Å². The van der Waals surface area contributed by atoms with Gasteiger partial charge in [-0.1, -0.05) is 0 Å². The molecule has 0 saturated heterocycles. The van der Waals surface area contributed by atoms with Crippen LogP contribution in [-0.2, 0) is 0 Å². The summed E-state index contributed by atoms with van der Waals surface area (Å²) in [6, 6.07) is 0. The number of hydrogen-bond donors (Lipinski definition) is 4. The second-order valence-electron chi connectivity index (χ2n) is 2.48. The standard InChI is InChI=1S/C6H14N8/c7-1-3-9-5-11-13-6(14-12-5)10-4-2-8/h1-4,7-8H2,(H,9,11,12)(H,10,13,14). The van der Waals surface area contributed by atoms with Crippen molar-refractivity contribution in [2.75, 3.05) is 36.8 Å². The number of nitrogens with two attached hydrogens (primary N) is 2. The van der Waals surface area contributed by atoms with Gasteiger partial charge in [-0.3, -0.25) is 0 Å². The zero-order valence-corrected chi connectivity index (χ0v) is 7.77. The Balaban J connectivity index is 2.42. The van der Waals surface area contributed by atoms with Crippen molar-refractivity contribution in [3.63, 3.8) is 0 Å². The van der Waals surface area contributed by atoms with Crippen LogP contribution in [0.4, 0.5) is 11.9 Å². The van der Waals surface area contributed by atoms with Gasteiger partial charge in [0, 0.05) is 26.2 Å². The maximum absolute atomic E-state index is 5.29. The molecule has 8 nitrogen and oxygen atoms in total. The summed E-state index contributed by atoms with van der Waals surface area (Å²) >= 11 is 0. The van der Waals surface area contributed by atoms with Gasteiger partial charge in [-0.2, -0.15) is 0 Å². The minimum absolute atomic E-state index is 0.369. The molecule has 0 spiro atoms. The first-order valence-electron chi connectivity index (χ1n) is 4.32. The van der Waals surface area contributed by atoms with E-state index in [0.29, 0.717) is 38.1 Å². The van der Waals surface area contributed by atoms with Gasteiger partial charge < -0.3 is 22.1 Å². The molecule has 78 valence electrons. The molecule has 0 aliphatic carbocycles. The molecule has 0 bridgehead atoms. The summed E-state index contributed by atoms with van der Waals surface area (Å²) in [6.07, 6.45) is 0. The van der Waals surface area contributed by atoms with E-state index in [4.69, 9.17) is 11.5 Å². The van der Waals surface area contributed by atoms with Crippen LogP contribution < -0.4 is 22.1 Å². The lowest BCUT2D eigenvalue weighted by molar-refractivity contribution is 0.838. The van der Waals surface area contributed by atoms with Gasteiger partial charge >= 0.3 is 0 Å². The number of aromatic nitrogens is 4. The third-order valence-corrected chi connectivity index (χ3v) is 1.33. The fourth-order valence-electron chi connectivity index (χ4n) is 0.739. The Morgan fingerprint density at radius 2 is 1.14 bits per heavy atom. The second kappa shape index (κ2) is 6.00. The zero-order valence-electron chi connectivity index (χ0n) is 7.77. The quantitative estimate of drug-likeness (QED) is 0.413. The lowest BCUT2D eigenvalue weighted by Gasteiger charge is -2.02. The third kappa shape index (κ3) is 3.46. The first-order chi connectivity index (χ1) is 6.86. The van der Waals surface area contributed by atoms with E-state index in [9.17, 15) is 0 Å². The topological polar surface area (TPSA) is 128 Å². The summed E-state index contributed by atoms with van der Waals surface area (Å²) in [5.41, 5.74) is 10.6. The van der Waals surface area contributed by atoms with Crippen molar-refractivity contribution in [3.8, 4) is 0 Å². The Kier molecular flexibility index (Phi) is 4.51. The van der Waals surface area contributed by atoms with Crippen molar-refractivity contribution in [2.24, 2.45) is 11.5 Å². The molecule has 0 amide bonds. The van der Waals surface area contributed by atoms with Crippen molar-refractivity contribution >= 4 is 11.9 Å². The van der Waals surface area contributed by atoms with Gasteiger partial charge in [0.25, 0.3) is 11.9 Å². The number of hydrogen-bond acceptors (Lipinski definition) is 8. The van der Waals surface area contributed by atoms with Crippen LogP contribution in [0.2, 0.25) is 0 Å². The van der Waals surface area contributed by atoms with E-state index in [1.807, 2.05) is 0 Å². The molecule has 1 aromatic heterocycles. The van der Waals surface area contributed by atoms with E-state index in [2.05, 4.69) is 31.0 Å². The molecule has 0 aliphatic heterocycles. The number of anilines is 2. The fourth-order valence-corrected chi connectivity index (χ4v) is 0.739. The molecule has 0 aliphatic rings. The largest absolute Gasteiger partial charge is 0.350 e. The minimum Gasteiger partial charge on any atom is -0.350 e. The highest BCUT2D eigenvalue weighted by atomic mass is 15.4. The van der Waals surface area contributed by atoms with Crippen molar-refractivity contribution in [1.29, 1.82) is 0 Å². The molecular formula is C6H14N8. The maximum atomic E-state index is 5.29. The molecule has 0 fully saturated rings. The lowest BCUT2D eigenvalue weighted by atomic mass is 10.6. The fraction of sp³-hybridized carbons (Fsp3) is 0.667. The van der Waals surface area contributed by atoms with E-state index < -0.39 is 0 Å². The van der Waals surface area contributed by atoms with Gasteiger partial charge in [0.15, 0.2) is 0 Å². The molecule has 0 aromatic carbocycles. The van der Waals surface area contributed by atoms with E-state index in [0.717, 1.165) is 0 Å². The predicted molar refractivity (Wildman–Crippen MR) is 52.7 cm³/mol. The first kappa shape index (κ1) is 10.5. The van der Waals surface area contributed by atoms with Gasteiger partial charge in [0.2, 0.25) is 0 Å². The normalized spacial score (nSPS) is 9.86. The molecule has 0 atom stereocenters. The molecular weight excluding hydrogens is 184 g/mol. The molecule has 1 heterocycles. The van der Waals surface area contributed by atoms with E-state index in [1.54, 1.807) is 0 Å². The molecule has 0 radical (unpaired) electrons. The minimum atomic E-state index is 0.369. The Bertz CT molecular complexity index is 220. The average Bonchev–Trinajstić information content (AvgIpc) is 2.25. The van der Waals surface area contributed by atoms with E-state index in [-0.39, 0.29) is 0 Å². The van der Waals surface area contributed by atoms with Crippen LogP contribution in [0.25, 0.3) is 0 Å². The van der Waals surface area contributed by atoms with Crippen LogP contribution in [0.1, 0.15) is 0 Å². The van der Waals surface area contributed by atoms with Gasteiger partial charge in [-0.15, -0.1) is 20.4 Å². The van der Waals surface area contributed by atoms with Gasteiger partial charge in [0.1, 0.15) is 0 Å². The summed E-state index contributed by atoms with van der Waals surface area (Å²) in [7, 11) is 0. The molecule has 1 rings (SSSR count). The average molecular weight is 198 g/mol. The molecule has 0 unspecified atom stereocenters. The number of rotatable bonds is 6. The van der Waals surface area contributed by atoms with Gasteiger partial charge in [-0.25, -0.2) is 0 Å². The van der Waals surface area contributed by atoms with Crippen LogP contribution in [0, 0.1) is 0 Å². The third-order valence-electron chi connectivity index (χ3n) is 1.33. The van der Waals surface area contributed by atoms with Crippen LogP contribution in [0.5, 0.6) is 0 Å². The predicted octanol–water partition coefficient (Wildman–Crippen LogP) is -1.99. The van der Waals surface area contributed by atoms with E-state index in [1.165, 1.54) is 0 Å². The van der Waals surface area contributed by atoms with Crippen LogP contribution in [0.3, 0.4) is 0 Å². The summed E-state index contributed by atoms with van der Waals surface area (Å²) < 4.78 is 0. The summed E-state index contributed by atoms with van der Waals surface area (Å²) in [5.74, 6) is 0.738. The molecule has 1 aromatic rings. The van der Waals surface area contributed by atoms with Crippen molar-refractivity contribution < 1.29 is 0 Å². The molecule has 8 heteroatoms. The Morgan fingerprint density at radius 3 is 1.43 bits per heavy atom. The molecule has 6 N–H and O–H groups in total. The summed E-state index contributed by atoms with van der Waals surface area (Å²) in [5, 5.41) is 20.8. The molecule has 14 heavy (non-hydrogen) atoms. The van der Waals surface area contributed by atoms with Gasteiger partial charge in [0.05, 0.1) is 0 Å². The first-order valence-corrected chi connectivity index (χ1v) is 4.32. The highest BCUT2D eigenvalue weighted by molar-refractivity contribution is 5.25. The maximum Gasteiger partial charge on any atom is 0.262 e. The van der Waals surface area contributed by atoms with Crippen molar-refractivity contribution in [1.82, 2.24) is 20.4 Å². The number of nitrogens with one attached hydrogen (secondary N) is 2.